The van der Waals surface area contributed by atoms with E-state index in [4.69, 9.17) is 5.73 Å². The van der Waals surface area contributed by atoms with Crippen molar-refractivity contribution in [3.8, 4) is 5.75 Å². The Kier molecular flexibility index (Phi) is 6.73. The first-order valence-electron chi connectivity index (χ1n) is 6.36. The number of aromatic nitrogens is 1. The Labute approximate surface area is 148 Å². The van der Waals surface area contributed by atoms with E-state index in [0.29, 0.717) is 6.54 Å². The van der Waals surface area contributed by atoms with Crippen LogP contribution in [0.5, 0.6) is 5.75 Å². The van der Waals surface area contributed by atoms with Gasteiger partial charge in [0.1, 0.15) is 0 Å². The minimum atomic E-state index is -4.77. The summed E-state index contributed by atoms with van der Waals surface area (Å²) < 4.78 is 42.7. The number of halogens is 4. The summed E-state index contributed by atoms with van der Waals surface area (Å²) in [6.07, 6.45) is -1.04. The van der Waals surface area contributed by atoms with Crippen LogP contribution in [-0.4, -0.2) is 16.9 Å². The third kappa shape index (κ3) is 6.38. The third-order valence-electron chi connectivity index (χ3n) is 2.70. The van der Waals surface area contributed by atoms with Gasteiger partial charge in [0.2, 0.25) is 0 Å². The lowest BCUT2D eigenvalue weighted by molar-refractivity contribution is -0.274. The summed E-state index contributed by atoms with van der Waals surface area (Å²) in [4.78, 5) is 4.07. The number of nitrogens with one attached hydrogen (secondary N) is 1. The Morgan fingerprint density at radius 2 is 2.00 bits per heavy atom. The van der Waals surface area contributed by atoms with Gasteiger partial charge in [-0.2, -0.15) is 0 Å². The first-order chi connectivity index (χ1) is 10.3. The predicted molar refractivity (Wildman–Crippen MR) is 92.9 cm³/mol. The van der Waals surface area contributed by atoms with Crippen LogP contribution in [0.4, 0.5) is 18.9 Å². The van der Waals surface area contributed by atoms with E-state index in [-0.39, 0.29) is 41.4 Å². The molecule has 1 heterocycles. The van der Waals surface area contributed by atoms with Crippen LogP contribution >= 0.6 is 24.0 Å². The lowest BCUT2D eigenvalue weighted by Gasteiger charge is -2.14. The van der Waals surface area contributed by atoms with Crippen molar-refractivity contribution in [1.82, 2.24) is 4.57 Å². The zero-order valence-electron chi connectivity index (χ0n) is 12.2. The van der Waals surface area contributed by atoms with Gasteiger partial charge in [0.05, 0.1) is 12.2 Å². The predicted octanol–water partition coefficient (Wildman–Crippen LogP) is 3.47. The number of aryl methyl sites for hydroxylation is 1. The van der Waals surface area contributed by atoms with Crippen LogP contribution in [0.1, 0.15) is 5.56 Å². The van der Waals surface area contributed by atoms with Gasteiger partial charge in [-0.1, -0.05) is 12.1 Å². The Balaban J connectivity index is 0.00000264. The maximum atomic E-state index is 12.3. The molecule has 0 saturated heterocycles. The molecule has 0 saturated carbocycles. The number of aliphatic imine (C=N–C) groups is 1. The van der Waals surface area contributed by atoms with E-state index in [9.17, 15) is 13.2 Å². The maximum Gasteiger partial charge on any atom is 0.573 e. The van der Waals surface area contributed by atoms with E-state index in [1.807, 2.05) is 30.1 Å². The average molecular weight is 440 g/mol. The van der Waals surface area contributed by atoms with Gasteiger partial charge in [0.25, 0.3) is 0 Å². The molecule has 0 atom stereocenters. The first-order valence-corrected chi connectivity index (χ1v) is 6.36. The van der Waals surface area contributed by atoms with Gasteiger partial charge in [-0.15, -0.1) is 37.1 Å². The molecule has 5 nitrogen and oxygen atoms in total. The molecule has 0 fully saturated rings. The Hall–Kier alpha value is -1.91. The van der Waals surface area contributed by atoms with E-state index in [1.54, 1.807) is 6.07 Å². The molecule has 2 aromatic rings. The maximum absolute atomic E-state index is 12.3. The summed E-state index contributed by atoms with van der Waals surface area (Å²) in [6.45, 7) is 0.321. The number of hydrogen-bond acceptors (Lipinski definition) is 2. The minimum Gasteiger partial charge on any atom is -0.404 e. The fraction of sp³-hybridized carbons (Fsp3) is 0.214. The van der Waals surface area contributed by atoms with Crippen molar-refractivity contribution in [2.24, 2.45) is 17.8 Å². The number of nitrogens with two attached hydrogens (primary N) is 1. The van der Waals surface area contributed by atoms with E-state index in [1.165, 1.54) is 18.2 Å². The molecular weight excluding hydrogens is 424 g/mol. The van der Waals surface area contributed by atoms with E-state index in [0.717, 1.165) is 5.56 Å². The van der Waals surface area contributed by atoms with Gasteiger partial charge in [-0.3, -0.25) is 0 Å². The molecule has 0 aliphatic carbocycles. The number of alkyl halides is 3. The van der Waals surface area contributed by atoms with Crippen LogP contribution in [-0.2, 0) is 13.6 Å². The summed E-state index contributed by atoms with van der Waals surface area (Å²) in [5.41, 5.74) is 6.72. The minimum absolute atomic E-state index is 0. The quantitative estimate of drug-likeness (QED) is 0.435. The second kappa shape index (κ2) is 8.09. The summed E-state index contributed by atoms with van der Waals surface area (Å²) >= 11 is 0. The van der Waals surface area contributed by atoms with Crippen molar-refractivity contribution < 1.29 is 17.9 Å². The highest BCUT2D eigenvalue weighted by molar-refractivity contribution is 14.0. The topological polar surface area (TPSA) is 64.6 Å². The molecule has 0 unspecified atom stereocenters. The van der Waals surface area contributed by atoms with E-state index in [2.05, 4.69) is 15.0 Å². The number of rotatable bonds is 4. The Morgan fingerprint density at radius 1 is 1.30 bits per heavy atom. The number of hydrogen-bond donors (Lipinski definition) is 2. The van der Waals surface area contributed by atoms with E-state index >= 15 is 0 Å². The van der Waals surface area contributed by atoms with Gasteiger partial charge in [0.15, 0.2) is 11.7 Å². The molecule has 0 radical (unpaired) electrons. The lowest BCUT2D eigenvalue weighted by Crippen LogP contribution is -2.24. The van der Waals surface area contributed by atoms with Crippen molar-refractivity contribution in [1.29, 1.82) is 0 Å². The molecule has 0 spiro atoms. The highest BCUT2D eigenvalue weighted by Gasteiger charge is 2.32. The van der Waals surface area contributed by atoms with Crippen LogP contribution in [0.3, 0.4) is 0 Å². The van der Waals surface area contributed by atoms with Gasteiger partial charge in [-0.25, -0.2) is 4.99 Å². The molecular formula is C14H16F3IN4O. The molecule has 23 heavy (non-hydrogen) atoms. The number of benzene rings is 1. The van der Waals surface area contributed by atoms with E-state index < -0.39 is 6.36 Å². The number of ether oxygens (including phenoxy) is 1. The molecule has 1 aromatic heterocycles. The fourth-order valence-electron chi connectivity index (χ4n) is 1.79. The Morgan fingerprint density at radius 3 is 2.61 bits per heavy atom. The third-order valence-corrected chi connectivity index (χ3v) is 2.70. The fourth-order valence-corrected chi connectivity index (χ4v) is 1.79. The second-order valence-corrected chi connectivity index (χ2v) is 4.56. The van der Waals surface area contributed by atoms with Crippen molar-refractivity contribution >= 4 is 35.6 Å². The van der Waals surface area contributed by atoms with Crippen LogP contribution in [0.25, 0.3) is 0 Å². The molecule has 0 aliphatic rings. The molecule has 0 aliphatic heterocycles. The normalized spacial score (nSPS) is 11.7. The lowest BCUT2D eigenvalue weighted by atomic mass is 10.3. The molecule has 2 rings (SSSR count). The van der Waals surface area contributed by atoms with Crippen LogP contribution < -0.4 is 15.8 Å². The second-order valence-electron chi connectivity index (χ2n) is 4.56. The van der Waals surface area contributed by atoms with Crippen LogP contribution in [0, 0.1) is 0 Å². The van der Waals surface area contributed by atoms with Crippen molar-refractivity contribution in [2.75, 3.05) is 5.32 Å². The summed E-state index contributed by atoms with van der Waals surface area (Å²) in [5, 5.41) is 2.61. The van der Waals surface area contributed by atoms with Crippen molar-refractivity contribution in [3.63, 3.8) is 0 Å². The van der Waals surface area contributed by atoms with Crippen LogP contribution in [0.15, 0.2) is 47.7 Å². The highest BCUT2D eigenvalue weighted by atomic mass is 127. The molecule has 0 amide bonds. The summed E-state index contributed by atoms with van der Waals surface area (Å²) in [7, 11) is 1.87. The smallest absolute Gasteiger partial charge is 0.404 e. The monoisotopic (exact) mass is 440 g/mol. The van der Waals surface area contributed by atoms with Crippen molar-refractivity contribution in [3.05, 3.63) is 48.3 Å². The van der Waals surface area contributed by atoms with Gasteiger partial charge < -0.3 is 20.4 Å². The summed E-state index contributed by atoms with van der Waals surface area (Å²) in [6, 6.07) is 7.49. The Bertz CT molecular complexity index is 670. The SMILES string of the molecule is Cn1ccc(CN=C(N)Nc2ccccc2OC(F)(F)F)c1.I. The van der Waals surface area contributed by atoms with Crippen LogP contribution in [0.2, 0.25) is 0 Å². The molecule has 3 N–H and O–H groups in total. The summed E-state index contributed by atoms with van der Waals surface area (Å²) in [5.74, 6) is -0.366. The largest absolute Gasteiger partial charge is 0.573 e. The number of para-hydroxylation sites is 2. The number of anilines is 1. The average Bonchev–Trinajstić information content (AvgIpc) is 2.83. The van der Waals surface area contributed by atoms with Gasteiger partial charge in [0, 0.05) is 19.4 Å². The zero-order chi connectivity index (χ0) is 16.2. The molecule has 1 aromatic carbocycles. The first kappa shape index (κ1) is 19.1. The number of nitrogens with zero attached hydrogens (tertiary/aromatic N) is 2. The highest BCUT2D eigenvalue weighted by Crippen LogP contribution is 2.29. The molecule has 9 heteroatoms. The number of guanidine groups is 1. The standard InChI is InChI=1S/C14H15F3N4O.HI/c1-21-7-6-10(9-21)8-19-13(18)20-11-4-2-3-5-12(11)22-14(15,16)17;/h2-7,9H,8H2,1H3,(H3,18,19,20);1H. The van der Waals surface area contributed by atoms with Crippen molar-refractivity contribution in [2.45, 2.75) is 12.9 Å². The van der Waals surface area contributed by atoms with Gasteiger partial charge in [-0.05, 0) is 23.8 Å². The molecule has 0 bridgehead atoms. The van der Waals surface area contributed by atoms with Gasteiger partial charge >= 0.3 is 6.36 Å². The molecule has 126 valence electrons. The zero-order valence-corrected chi connectivity index (χ0v) is 14.5.